The molecule has 1 aliphatic heterocycles. The monoisotopic (exact) mass is 501 g/mol. The van der Waals surface area contributed by atoms with Crippen molar-refractivity contribution in [3.63, 3.8) is 0 Å². The number of anilines is 2. The number of sulfonamides is 1. The number of hydrogen-bond acceptors (Lipinski definition) is 6. The minimum Gasteiger partial charge on any atom is -0.358 e. The molecule has 0 bridgehead atoms. The second kappa shape index (κ2) is 9.57. The maximum atomic E-state index is 13.4. The van der Waals surface area contributed by atoms with Crippen molar-refractivity contribution >= 4 is 55.6 Å². The van der Waals surface area contributed by atoms with Crippen LogP contribution in [0.5, 0.6) is 0 Å². The van der Waals surface area contributed by atoms with Crippen LogP contribution in [0.15, 0.2) is 48.8 Å². The molecule has 1 aromatic heterocycles. The van der Waals surface area contributed by atoms with Gasteiger partial charge in [-0.15, -0.1) is 0 Å². The SMILES string of the molecule is CNC(=O)CN1Cc2ccc(Cl)cc2C(C(=O)Nc2cncc3cc(NS(C)(=O)=O)ccc23)C1. The normalized spacial score (nSPS) is 16.0. The molecule has 0 spiro atoms. The lowest BCUT2D eigenvalue weighted by molar-refractivity contribution is -0.123. The number of carbonyl (C=O) groups is 2. The predicted octanol–water partition coefficient (Wildman–Crippen LogP) is 2.54. The lowest BCUT2D eigenvalue weighted by Crippen LogP contribution is -2.43. The Morgan fingerprint density at radius 3 is 2.71 bits per heavy atom. The van der Waals surface area contributed by atoms with Crippen molar-refractivity contribution in [1.29, 1.82) is 0 Å². The highest BCUT2D eigenvalue weighted by molar-refractivity contribution is 7.92. The fourth-order valence-electron chi connectivity index (χ4n) is 4.10. The van der Waals surface area contributed by atoms with E-state index in [-0.39, 0.29) is 18.4 Å². The standard InChI is InChI=1S/C23H24ClN5O4S/c1-25-22(30)13-29-11-14-3-4-16(24)8-19(14)20(12-29)23(31)27-21-10-26-9-15-7-17(5-6-18(15)21)28-34(2,32)33/h3-10,20,28H,11-13H2,1-2H3,(H,25,30)(H,27,31). The highest BCUT2D eigenvalue weighted by Gasteiger charge is 2.31. The van der Waals surface area contributed by atoms with Crippen molar-refractivity contribution in [2.45, 2.75) is 12.5 Å². The van der Waals surface area contributed by atoms with Crippen molar-refractivity contribution < 1.29 is 18.0 Å². The van der Waals surface area contributed by atoms with Gasteiger partial charge in [-0.25, -0.2) is 8.42 Å². The predicted molar refractivity (Wildman–Crippen MR) is 132 cm³/mol. The van der Waals surface area contributed by atoms with Crippen LogP contribution in [-0.2, 0) is 26.2 Å². The fraction of sp³-hybridized carbons (Fsp3) is 0.261. The fourth-order valence-corrected chi connectivity index (χ4v) is 4.83. The van der Waals surface area contributed by atoms with E-state index < -0.39 is 15.9 Å². The molecule has 0 saturated carbocycles. The first kappa shape index (κ1) is 23.9. The largest absolute Gasteiger partial charge is 0.358 e. The maximum absolute atomic E-state index is 13.4. The summed E-state index contributed by atoms with van der Waals surface area (Å²) >= 11 is 6.22. The molecule has 3 aromatic rings. The van der Waals surface area contributed by atoms with Gasteiger partial charge in [0.15, 0.2) is 0 Å². The highest BCUT2D eigenvalue weighted by Crippen LogP contribution is 2.33. The Bertz CT molecular complexity index is 1380. The number of carbonyl (C=O) groups excluding carboxylic acids is 2. The van der Waals surface area contributed by atoms with Crippen molar-refractivity contribution in [1.82, 2.24) is 15.2 Å². The van der Waals surface area contributed by atoms with Crippen LogP contribution in [0.25, 0.3) is 10.8 Å². The van der Waals surface area contributed by atoms with Gasteiger partial charge in [-0.1, -0.05) is 23.7 Å². The second-order valence-corrected chi connectivity index (χ2v) is 10.4. The molecule has 0 aliphatic carbocycles. The lowest BCUT2D eigenvalue weighted by Gasteiger charge is -2.33. The summed E-state index contributed by atoms with van der Waals surface area (Å²) in [5.41, 5.74) is 2.67. The third-order valence-corrected chi connectivity index (χ3v) is 6.44. The Morgan fingerprint density at radius 2 is 1.97 bits per heavy atom. The Kier molecular flexibility index (Phi) is 6.74. The number of fused-ring (bicyclic) bond motifs is 2. The zero-order valence-corrected chi connectivity index (χ0v) is 20.2. The van der Waals surface area contributed by atoms with Crippen molar-refractivity contribution in [3.05, 3.63) is 64.9 Å². The topological polar surface area (TPSA) is 120 Å². The van der Waals surface area contributed by atoms with E-state index in [1.54, 1.807) is 49.8 Å². The molecule has 1 aliphatic rings. The third kappa shape index (κ3) is 5.46. The molecule has 0 fully saturated rings. The zero-order valence-electron chi connectivity index (χ0n) is 18.6. The van der Waals surface area contributed by atoms with Gasteiger partial charge in [-0.2, -0.15) is 0 Å². The Hall–Kier alpha value is -3.21. The number of pyridine rings is 1. The van der Waals surface area contributed by atoms with Crippen LogP contribution in [0.4, 0.5) is 11.4 Å². The molecular formula is C23H24ClN5O4S. The van der Waals surface area contributed by atoms with Gasteiger partial charge >= 0.3 is 0 Å². The average Bonchev–Trinajstić information content (AvgIpc) is 2.77. The molecule has 0 radical (unpaired) electrons. The van der Waals surface area contributed by atoms with Crippen LogP contribution in [-0.4, -0.2) is 56.5 Å². The van der Waals surface area contributed by atoms with Gasteiger partial charge in [-0.3, -0.25) is 24.2 Å². The number of likely N-dealkylation sites (N-methyl/N-ethyl adjacent to an activating group) is 1. The van der Waals surface area contributed by atoms with E-state index in [4.69, 9.17) is 11.6 Å². The van der Waals surface area contributed by atoms with E-state index in [9.17, 15) is 18.0 Å². The molecule has 9 nitrogen and oxygen atoms in total. The summed E-state index contributed by atoms with van der Waals surface area (Å²) in [5, 5.41) is 7.49. The molecular weight excluding hydrogens is 478 g/mol. The lowest BCUT2D eigenvalue weighted by atomic mass is 9.89. The molecule has 11 heteroatoms. The molecule has 2 amide bonds. The Labute approximate surface area is 202 Å². The smallest absolute Gasteiger partial charge is 0.233 e. The van der Waals surface area contributed by atoms with Crippen LogP contribution in [0.2, 0.25) is 5.02 Å². The van der Waals surface area contributed by atoms with E-state index in [0.717, 1.165) is 17.4 Å². The van der Waals surface area contributed by atoms with Gasteiger partial charge < -0.3 is 10.6 Å². The van der Waals surface area contributed by atoms with Gasteiger partial charge in [0.2, 0.25) is 21.8 Å². The molecule has 34 heavy (non-hydrogen) atoms. The number of aromatic nitrogens is 1. The van der Waals surface area contributed by atoms with Gasteiger partial charge in [0.05, 0.1) is 30.6 Å². The van der Waals surface area contributed by atoms with Crippen molar-refractivity contribution in [2.75, 3.05) is 36.4 Å². The summed E-state index contributed by atoms with van der Waals surface area (Å²) in [7, 11) is -1.84. The molecule has 178 valence electrons. The first-order valence-electron chi connectivity index (χ1n) is 10.5. The Balaban J connectivity index is 1.63. The number of nitrogens with one attached hydrogen (secondary N) is 3. The first-order chi connectivity index (χ1) is 16.1. The van der Waals surface area contributed by atoms with Gasteiger partial charge in [0, 0.05) is 47.8 Å². The molecule has 3 N–H and O–H groups in total. The summed E-state index contributed by atoms with van der Waals surface area (Å²) in [6, 6.07) is 10.4. The minimum atomic E-state index is -3.42. The Morgan fingerprint density at radius 1 is 1.18 bits per heavy atom. The maximum Gasteiger partial charge on any atom is 0.233 e. The number of nitrogens with zero attached hydrogens (tertiary/aromatic N) is 2. The summed E-state index contributed by atoms with van der Waals surface area (Å²) in [4.78, 5) is 31.5. The molecule has 1 atom stereocenters. The third-order valence-electron chi connectivity index (χ3n) is 5.60. The van der Waals surface area contributed by atoms with Gasteiger partial charge in [0.1, 0.15) is 0 Å². The minimum absolute atomic E-state index is 0.131. The molecule has 2 aromatic carbocycles. The van der Waals surface area contributed by atoms with Crippen LogP contribution in [0.3, 0.4) is 0 Å². The van der Waals surface area contributed by atoms with Crippen LogP contribution >= 0.6 is 11.6 Å². The molecule has 0 saturated heterocycles. The molecule has 4 rings (SSSR count). The number of benzene rings is 2. The van der Waals surface area contributed by atoms with E-state index in [1.807, 2.05) is 11.0 Å². The first-order valence-corrected chi connectivity index (χ1v) is 12.8. The molecule has 1 unspecified atom stereocenters. The van der Waals surface area contributed by atoms with Crippen LogP contribution < -0.4 is 15.4 Å². The number of rotatable bonds is 6. The van der Waals surface area contributed by atoms with E-state index >= 15 is 0 Å². The second-order valence-electron chi connectivity index (χ2n) is 8.22. The molecule has 2 heterocycles. The number of halogens is 1. The van der Waals surface area contributed by atoms with Crippen LogP contribution in [0.1, 0.15) is 17.0 Å². The van der Waals surface area contributed by atoms with Gasteiger partial charge in [-0.05, 0) is 35.4 Å². The van der Waals surface area contributed by atoms with E-state index in [1.165, 1.54) is 0 Å². The van der Waals surface area contributed by atoms with Crippen molar-refractivity contribution in [3.8, 4) is 0 Å². The highest BCUT2D eigenvalue weighted by atomic mass is 35.5. The van der Waals surface area contributed by atoms with E-state index in [0.29, 0.717) is 40.3 Å². The average molecular weight is 502 g/mol. The number of amides is 2. The van der Waals surface area contributed by atoms with Crippen LogP contribution in [0, 0.1) is 0 Å². The van der Waals surface area contributed by atoms with Crippen molar-refractivity contribution in [2.24, 2.45) is 0 Å². The van der Waals surface area contributed by atoms with E-state index in [2.05, 4.69) is 20.3 Å². The summed E-state index contributed by atoms with van der Waals surface area (Å²) in [5.74, 6) is -0.931. The zero-order chi connectivity index (χ0) is 24.5. The summed E-state index contributed by atoms with van der Waals surface area (Å²) in [6.07, 6.45) is 4.22. The van der Waals surface area contributed by atoms with Gasteiger partial charge in [0.25, 0.3) is 0 Å². The summed E-state index contributed by atoms with van der Waals surface area (Å²) in [6.45, 7) is 1.07. The number of hydrogen-bond donors (Lipinski definition) is 3. The quantitative estimate of drug-likeness (QED) is 0.477. The summed E-state index contributed by atoms with van der Waals surface area (Å²) < 4.78 is 25.5.